The molecule has 0 spiro atoms. The molecule has 15 heavy (non-hydrogen) atoms. The summed E-state index contributed by atoms with van der Waals surface area (Å²) in [7, 11) is 0. The average molecular weight is 220 g/mol. The van der Waals surface area contributed by atoms with Gasteiger partial charge in [0, 0.05) is 13.1 Å². The van der Waals surface area contributed by atoms with E-state index in [1.165, 1.54) is 19.3 Å². The van der Waals surface area contributed by atoms with Crippen molar-refractivity contribution in [3.63, 3.8) is 0 Å². The molecule has 0 radical (unpaired) electrons. The molecule has 0 bridgehead atoms. The van der Waals surface area contributed by atoms with E-state index < -0.39 is 18.6 Å². The van der Waals surface area contributed by atoms with Gasteiger partial charge in [0.15, 0.2) is 0 Å². The van der Waals surface area contributed by atoms with Crippen LogP contribution in [0.5, 0.6) is 0 Å². The van der Waals surface area contributed by atoms with Crippen molar-refractivity contribution in [2.45, 2.75) is 25.3 Å². The zero-order valence-corrected chi connectivity index (χ0v) is 8.72. The first-order valence-electron chi connectivity index (χ1n) is 4.91. The number of hydrogen-bond donors (Lipinski definition) is 5. The van der Waals surface area contributed by atoms with Gasteiger partial charge >= 0.3 is 5.97 Å². The van der Waals surface area contributed by atoms with Gasteiger partial charge in [0.1, 0.15) is 6.04 Å². The summed E-state index contributed by atoms with van der Waals surface area (Å²) < 4.78 is 0. The lowest BCUT2D eigenvalue weighted by molar-refractivity contribution is -0.140. The van der Waals surface area contributed by atoms with Crippen molar-refractivity contribution >= 4 is 5.97 Å². The fourth-order valence-electron chi connectivity index (χ4n) is 1.12. The molecule has 0 aliphatic carbocycles. The van der Waals surface area contributed by atoms with E-state index in [9.17, 15) is 4.79 Å². The quantitative estimate of drug-likeness (QED) is 0.282. The van der Waals surface area contributed by atoms with Gasteiger partial charge < -0.3 is 10.2 Å². The minimum absolute atomic E-state index is 0.494. The van der Waals surface area contributed by atoms with Gasteiger partial charge in [-0.3, -0.25) is 16.5 Å². The van der Waals surface area contributed by atoms with Crippen LogP contribution in [0, 0.1) is 0 Å². The molecule has 1 saturated heterocycles. The number of nitrogens with zero attached hydrogens (tertiary/aromatic N) is 1. The van der Waals surface area contributed by atoms with E-state index in [4.69, 9.17) is 21.9 Å². The van der Waals surface area contributed by atoms with Gasteiger partial charge in [0.2, 0.25) is 0 Å². The summed E-state index contributed by atoms with van der Waals surface area (Å²) in [6.45, 7) is 1.70. The van der Waals surface area contributed by atoms with E-state index in [2.05, 4.69) is 0 Å². The summed E-state index contributed by atoms with van der Waals surface area (Å²) in [6, 6.07) is -1.05. The molecule has 0 amide bonds. The first-order chi connectivity index (χ1) is 7.11. The lowest BCUT2D eigenvalue weighted by atomic mass is 10.2. The lowest BCUT2D eigenvalue weighted by Crippen LogP contribution is -2.43. The number of aliphatic hydroxyl groups is 1. The van der Waals surface area contributed by atoms with Gasteiger partial charge in [-0.25, -0.2) is 10.4 Å². The molecule has 7 heteroatoms. The van der Waals surface area contributed by atoms with Crippen LogP contribution in [0.3, 0.4) is 0 Å². The predicted molar refractivity (Wildman–Crippen MR) is 55.4 cm³/mol. The molecule has 1 aliphatic heterocycles. The normalized spacial score (nSPS) is 18.9. The minimum Gasteiger partial charge on any atom is -0.480 e. The number of nitrogens with two attached hydrogens (primary N) is 2. The highest BCUT2D eigenvalue weighted by atomic mass is 16.4. The van der Waals surface area contributed by atoms with Crippen molar-refractivity contribution in [2.75, 3.05) is 19.7 Å². The fourth-order valence-corrected chi connectivity index (χ4v) is 1.12. The van der Waals surface area contributed by atoms with Gasteiger partial charge in [-0.05, 0) is 12.8 Å². The van der Waals surface area contributed by atoms with Crippen molar-refractivity contribution in [3.05, 3.63) is 0 Å². The molecule has 1 atom stereocenters. The molecule has 0 unspecified atom stereocenters. The van der Waals surface area contributed by atoms with Gasteiger partial charge in [0.25, 0.3) is 0 Å². The summed E-state index contributed by atoms with van der Waals surface area (Å²) in [5.74, 6) is 9.00. The zero-order valence-electron chi connectivity index (χ0n) is 8.72. The second kappa shape index (κ2) is 8.57. The molecular formula is C8H20N4O3. The maximum atomic E-state index is 9.86. The molecule has 90 valence electrons. The number of piperidine rings is 1. The van der Waals surface area contributed by atoms with E-state index in [-0.39, 0.29) is 0 Å². The Morgan fingerprint density at radius 2 is 1.93 bits per heavy atom. The molecule has 1 fully saturated rings. The molecule has 0 aromatic rings. The Morgan fingerprint density at radius 3 is 2.07 bits per heavy atom. The van der Waals surface area contributed by atoms with Crippen LogP contribution in [0.25, 0.3) is 0 Å². The Labute approximate surface area is 89.0 Å². The molecule has 0 aromatic heterocycles. The third-order valence-corrected chi connectivity index (χ3v) is 2.07. The van der Waals surface area contributed by atoms with Crippen molar-refractivity contribution in [3.8, 4) is 0 Å². The summed E-state index contributed by atoms with van der Waals surface area (Å²) >= 11 is 0. The summed E-state index contributed by atoms with van der Waals surface area (Å²) in [6.07, 6.45) is 3.95. The SMILES string of the molecule is NN1CCCCC1.NN[C@@H](CO)C(=O)O. The van der Waals surface area contributed by atoms with Gasteiger partial charge in [-0.15, -0.1) is 0 Å². The molecule has 1 rings (SSSR count). The smallest absolute Gasteiger partial charge is 0.324 e. The minimum atomic E-state index is -1.16. The van der Waals surface area contributed by atoms with Gasteiger partial charge in [-0.2, -0.15) is 0 Å². The molecule has 1 aliphatic rings. The number of carboxylic acids is 1. The number of nitrogens with one attached hydrogen (secondary N) is 1. The standard InChI is InChI=1S/C5H12N2.C3H8N2O3/c6-7-4-2-1-3-5-7;4-5-2(1-6)3(7)8/h1-6H2;2,5-6H,1,4H2,(H,7,8)/t;2-/m.0/s1. The first-order valence-corrected chi connectivity index (χ1v) is 4.91. The monoisotopic (exact) mass is 220 g/mol. The van der Waals surface area contributed by atoms with Crippen LogP contribution in [0.15, 0.2) is 0 Å². The van der Waals surface area contributed by atoms with E-state index in [0.29, 0.717) is 0 Å². The number of aliphatic carboxylic acids is 1. The summed E-state index contributed by atoms with van der Waals surface area (Å²) in [5, 5.41) is 18.1. The molecule has 7 N–H and O–H groups in total. The molecule has 1 heterocycles. The third-order valence-electron chi connectivity index (χ3n) is 2.07. The molecular weight excluding hydrogens is 200 g/mol. The van der Waals surface area contributed by atoms with E-state index in [1.807, 2.05) is 10.4 Å². The Hall–Kier alpha value is -0.730. The van der Waals surface area contributed by atoms with Crippen molar-refractivity contribution in [1.82, 2.24) is 10.4 Å². The van der Waals surface area contributed by atoms with Crippen molar-refractivity contribution in [1.29, 1.82) is 0 Å². The average Bonchev–Trinajstić information content (AvgIpc) is 2.21. The van der Waals surface area contributed by atoms with Crippen LogP contribution < -0.4 is 17.1 Å². The van der Waals surface area contributed by atoms with Crippen LogP contribution in [-0.2, 0) is 4.79 Å². The zero-order chi connectivity index (χ0) is 11.7. The summed E-state index contributed by atoms with van der Waals surface area (Å²) in [4.78, 5) is 9.86. The Balaban J connectivity index is 0.000000262. The van der Waals surface area contributed by atoms with Crippen LogP contribution >= 0.6 is 0 Å². The lowest BCUT2D eigenvalue weighted by Gasteiger charge is -2.20. The largest absolute Gasteiger partial charge is 0.480 e. The Morgan fingerprint density at radius 1 is 1.40 bits per heavy atom. The second-order valence-electron chi connectivity index (χ2n) is 3.34. The number of hydrogen-bond acceptors (Lipinski definition) is 6. The maximum Gasteiger partial charge on any atom is 0.324 e. The van der Waals surface area contributed by atoms with Crippen LogP contribution in [0.4, 0.5) is 0 Å². The Kier molecular flexibility index (Phi) is 8.15. The number of aliphatic hydroxyl groups excluding tert-OH is 1. The fraction of sp³-hybridized carbons (Fsp3) is 0.875. The van der Waals surface area contributed by atoms with Crippen LogP contribution in [0.2, 0.25) is 0 Å². The van der Waals surface area contributed by atoms with Crippen molar-refractivity contribution in [2.24, 2.45) is 11.7 Å². The predicted octanol–water partition coefficient (Wildman–Crippen LogP) is -1.76. The topological polar surface area (TPSA) is 125 Å². The number of carbonyl (C=O) groups is 1. The number of hydrazine groups is 2. The van der Waals surface area contributed by atoms with Crippen molar-refractivity contribution < 1.29 is 15.0 Å². The highest BCUT2D eigenvalue weighted by Gasteiger charge is 2.11. The molecule has 0 aromatic carbocycles. The highest BCUT2D eigenvalue weighted by molar-refractivity contribution is 5.73. The van der Waals surface area contributed by atoms with Crippen LogP contribution in [0.1, 0.15) is 19.3 Å². The van der Waals surface area contributed by atoms with Gasteiger partial charge in [0.05, 0.1) is 6.61 Å². The van der Waals surface area contributed by atoms with Gasteiger partial charge in [-0.1, -0.05) is 6.42 Å². The first kappa shape index (κ1) is 14.3. The molecule has 0 saturated carbocycles. The Bertz CT molecular complexity index is 169. The summed E-state index contributed by atoms with van der Waals surface area (Å²) in [5.41, 5.74) is 1.90. The van der Waals surface area contributed by atoms with E-state index in [1.54, 1.807) is 0 Å². The number of rotatable bonds is 3. The van der Waals surface area contributed by atoms with Crippen LogP contribution in [-0.4, -0.2) is 46.9 Å². The molecule has 7 nitrogen and oxygen atoms in total. The maximum absolute atomic E-state index is 9.86. The van der Waals surface area contributed by atoms with E-state index >= 15 is 0 Å². The third kappa shape index (κ3) is 7.23. The second-order valence-corrected chi connectivity index (χ2v) is 3.34. The highest BCUT2D eigenvalue weighted by Crippen LogP contribution is 2.03. The van der Waals surface area contributed by atoms with E-state index in [0.717, 1.165) is 13.1 Å². The number of carboxylic acid groups (broad SMARTS) is 1.